The molecule has 0 bridgehead atoms. The summed E-state index contributed by atoms with van der Waals surface area (Å²) in [7, 11) is 0. The highest BCUT2D eigenvalue weighted by molar-refractivity contribution is 8.18. The van der Waals surface area contributed by atoms with Crippen LogP contribution in [0.5, 0.6) is 0 Å². The Morgan fingerprint density at radius 1 is 0.724 bits per heavy atom. The van der Waals surface area contributed by atoms with E-state index in [4.69, 9.17) is 0 Å². The second kappa shape index (κ2) is 11.2. The van der Waals surface area contributed by atoms with Gasteiger partial charge in [-0.25, -0.2) is 0 Å². The molecule has 0 saturated carbocycles. The fourth-order valence-corrected chi connectivity index (χ4v) is 7.77. The molecule has 0 amide bonds. The third-order valence-electron chi connectivity index (χ3n) is 5.02. The average molecular weight is 441 g/mol. The van der Waals surface area contributed by atoms with Crippen molar-refractivity contribution in [2.24, 2.45) is 5.92 Å². The van der Waals surface area contributed by atoms with Crippen LogP contribution in [0.3, 0.4) is 0 Å². The summed E-state index contributed by atoms with van der Waals surface area (Å²) in [5.74, 6) is 0.276. The molecule has 4 heteroatoms. The maximum absolute atomic E-state index is 10.3. The van der Waals surface area contributed by atoms with Crippen LogP contribution in [-0.2, 0) is 0 Å². The number of aliphatic hydroxyl groups excluding tert-OH is 1. The van der Waals surface area contributed by atoms with Gasteiger partial charge in [-0.15, -0.1) is 35.3 Å². The molecule has 1 N–H and O–H groups in total. The molecule has 0 heterocycles. The largest absolute Gasteiger partial charge is 0.395 e. The van der Waals surface area contributed by atoms with Crippen LogP contribution < -0.4 is 0 Å². The number of thioether (sulfide) groups is 3. The second-order valence-electron chi connectivity index (χ2n) is 6.94. The zero-order chi connectivity index (χ0) is 20.5. The lowest BCUT2D eigenvalue weighted by Crippen LogP contribution is -2.37. The molecule has 3 aromatic carbocycles. The Morgan fingerprint density at radius 2 is 1.14 bits per heavy atom. The first-order chi connectivity index (χ1) is 14.2. The first-order valence-electron chi connectivity index (χ1n) is 9.97. The lowest BCUT2D eigenvalue weighted by Gasteiger charge is -2.41. The number of aliphatic hydroxyl groups is 1. The van der Waals surface area contributed by atoms with Gasteiger partial charge >= 0.3 is 0 Å². The van der Waals surface area contributed by atoms with Crippen molar-refractivity contribution in [2.75, 3.05) is 6.61 Å². The molecular formula is C25H28OS3. The standard InChI is InChI=1S/C25H28OS3/c1-3-25(28-22-15-9-5-10-16-22,29-23-17-11-6-12-18-23)20(2)24(19-26)27-21-13-7-4-8-14-21/h4-18,20,24,26H,3,19H2,1-2H3/t20-,24+/m0/s1. The molecule has 0 aliphatic rings. The lowest BCUT2D eigenvalue weighted by molar-refractivity contribution is 0.264. The van der Waals surface area contributed by atoms with Crippen LogP contribution in [-0.4, -0.2) is 21.0 Å². The van der Waals surface area contributed by atoms with Gasteiger partial charge in [0.15, 0.2) is 0 Å². The third kappa shape index (κ3) is 6.08. The predicted octanol–water partition coefficient (Wildman–Crippen LogP) is 7.47. The minimum Gasteiger partial charge on any atom is -0.395 e. The lowest BCUT2D eigenvalue weighted by atomic mass is 10.0. The van der Waals surface area contributed by atoms with E-state index in [-0.39, 0.29) is 21.9 Å². The van der Waals surface area contributed by atoms with Gasteiger partial charge in [-0.05, 0) is 48.7 Å². The van der Waals surface area contributed by atoms with Crippen molar-refractivity contribution < 1.29 is 5.11 Å². The Morgan fingerprint density at radius 3 is 1.52 bits per heavy atom. The quantitative estimate of drug-likeness (QED) is 0.260. The van der Waals surface area contributed by atoms with Crippen LogP contribution in [0.15, 0.2) is 106 Å². The molecule has 0 spiro atoms. The van der Waals surface area contributed by atoms with Crippen LogP contribution in [0.1, 0.15) is 20.3 Å². The highest BCUT2D eigenvalue weighted by atomic mass is 32.2. The summed E-state index contributed by atoms with van der Waals surface area (Å²) < 4.78 is -0.0854. The van der Waals surface area contributed by atoms with Gasteiger partial charge in [0.2, 0.25) is 0 Å². The molecule has 1 nitrogen and oxygen atoms in total. The van der Waals surface area contributed by atoms with Gasteiger partial charge in [-0.3, -0.25) is 0 Å². The summed E-state index contributed by atoms with van der Waals surface area (Å²) in [4.78, 5) is 3.75. The fourth-order valence-electron chi connectivity index (χ4n) is 3.30. The van der Waals surface area contributed by atoms with E-state index in [0.717, 1.165) is 6.42 Å². The van der Waals surface area contributed by atoms with Gasteiger partial charge in [0.05, 0.1) is 10.7 Å². The maximum atomic E-state index is 10.3. The number of hydrogen-bond donors (Lipinski definition) is 1. The smallest absolute Gasteiger partial charge is 0.0739 e. The molecular weight excluding hydrogens is 412 g/mol. The Kier molecular flexibility index (Phi) is 8.61. The highest BCUT2D eigenvalue weighted by Gasteiger charge is 2.41. The Balaban J connectivity index is 1.92. The van der Waals surface area contributed by atoms with E-state index in [9.17, 15) is 5.11 Å². The molecule has 3 rings (SSSR count). The number of benzene rings is 3. The molecule has 0 saturated heterocycles. The third-order valence-corrected chi connectivity index (χ3v) is 9.95. The Labute approximate surface area is 187 Å². The van der Waals surface area contributed by atoms with Crippen molar-refractivity contribution in [3.05, 3.63) is 91.0 Å². The van der Waals surface area contributed by atoms with Crippen molar-refractivity contribution in [2.45, 2.75) is 44.3 Å². The summed E-state index contributed by atoms with van der Waals surface area (Å²) in [6.45, 7) is 4.73. The van der Waals surface area contributed by atoms with Crippen LogP contribution in [0.2, 0.25) is 0 Å². The van der Waals surface area contributed by atoms with Gasteiger partial charge in [0.1, 0.15) is 0 Å². The fraction of sp³-hybridized carbons (Fsp3) is 0.280. The van der Waals surface area contributed by atoms with E-state index in [2.05, 4.69) is 98.8 Å². The minimum absolute atomic E-state index is 0.0854. The van der Waals surface area contributed by atoms with Crippen LogP contribution in [0, 0.1) is 5.92 Å². The molecule has 152 valence electrons. The number of hydrogen-bond acceptors (Lipinski definition) is 4. The van der Waals surface area contributed by atoms with Crippen molar-refractivity contribution in [1.82, 2.24) is 0 Å². The molecule has 0 fully saturated rings. The summed E-state index contributed by atoms with van der Waals surface area (Å²) in [5.41, 5.74) is 0. The molecule has 0 aliphatic heterocycles. The van der Waals surface area contributed by atoms with Crippen LogP contribution in [0.4, 0.5) is 0 Å². The SMILES string of the molecule is CCC(Sc1ccccc1)(Sc1ccccc1)[C@@H](C)[C@@H](CO)Sc1ccccc1. The topological polar surface area (TPSA) is 20.2 Å². The Bertz CT molecular complexity index is 798. The van der Waals surface area contributed by atoms with E-state index in [1.807, 2.05) is 29.6 Å². The van der Waals surface area contributed by atoms with E-state index >= 15 is 0 Å². The van der Waals surface area contributed by atoms with Gasteiger partial charge in [-0.2, -0.15) is 0 Å². The first-order valence-corrected chi connectivity index (χ1v) is 12.5. The highest BCUT2D eigenvalue weighted by Crippen LogP contribution is 2.55. The monoisotopic (exact) mass is 440 g/mol. The zero-order valence-corrected chi connectivity index (χ0v) is 19.4. The average Bonchev–Trinajstić information content (AvgIpc) is 2.78. The molecule has 0 aromatic heterocycles. The molecule has 0 aliphatic carbocycles. The molecule has 0 unspecified atom stereocenters. The predicted molar refractivity (Wildman–Crippen MR) is 130 cm³/mol. The van der Waals surface area contributed by atoms with Crippen LogP contribution in [0.25, 0.3) is 0 Å². The first kappa shape index (κ1) is 22.4. The van der Waals surface area contributed by atoms with Gasteiger partial charge in [0, 0.05) is 19.9 Å². The van der Waals surface area contributed by atoms with E-state index in [1.54, 1.807) is 11.8 Å². The number of rotatable bonds is 10. The normalized spacial score (nSPS) is 13.8. The summed E-state index contributed by atoms with van der Waals surface area (Å²) in [6.07, 6.45) is 0.999. The summed E-state index contributed by atoms with van der Waals surface area (Å²) in [6, 6.07) is 31.7. The van der Waals surface area contributed by atoms with Crippen molar-refractivity contribution >= 4 is 35.3 Å². The van der Waals surface area contributed by atoms with Gasteiger partial charge in [-0.1, -0.05) is 68.4 Å². The Hall–Kier alpha value is -1.33. The molecule has 2 atom stereocenters. The second-order valence-corrected chi connectivity index (χ2v) is 11.3. The van der Waals surface area contributed by atoms with E-state index in [0.29, 0.717) is 0 Å². The molecule has 3 aromatic rings. The van der Waals surface area contributed by atoms with Crippen molar-refractivity contribution in [1.29, 1.82) is 0 Å². The summed E-state index contributed by atoms with van der Waals surface area (Å²) >= 11 is 5.65. The van der Waals surface area contributed by atoms with Gasteiger partial charge < -0.3 is 5.11 Å². The van der Waals surface area contributed by atoms with Crippen LogP contribution >= 0.6 is 35.3 Å². The van der Waals surface area contributed by atoms with E-state index < -0.39 is 0 Å². The minimum atomic E-state index is -0.0854. The zero-order valence-electron chi connectivity index (χ0n) is 16.9. The molecule has 29 heavy (non-hydrogen) atoms. The maximum Gasteiger partial charge on any atom is 0.0739 e. The van der Waals surface area contributed by atoms with Crippen molar-refractivity contribution in [3.63, 3.8) is 0 Å². The summed E-state index contributed by atoms with van der Waals surface area (Å²) in [5, 5.41) is 10.4. The van der Waals surface area contributed by atoms with Gasteiger partial charge in [0.25, 0.3) is 0 Å². The molecule has 0 radical (unpaired) electrons. The van der Waals surface area contributed by atoms with E-state index in [1.165, 1.54) is 14.7 Å². The van der Waals surface area contributed by atoms with Crippen molar-refractivity contribution in [3.8, 4) is 0 Å².